The van der Waals surface area contributed by atoms with Gasteiger partial charge >= 0.3 is 6.09 Å². The van der Waals surface area contributed by atoms with Crippen LogP contribution in [-0.2, 0) is 14.3 Å². The van der Waals surface area contributed by atoms with Crippen molar-refractivity contribution in [1.82, 2.24) is 15.5 Å². The zero-order valence-electron chi connectivity index (χ0n) is 21.1. The summed E-state index contributed by atoms with van der Waals surface area (Å²) in [5.41, 5.74) is 1.40. The van der Waals surface area contributed by atoms with E-state index in [1.807, 2.05) is 52.8 Å². The van der Waals surface area contributed by atoms with Crippen molar-refractivity contribution in [2.75, 3.05) is 12.3 Å². The normalized spacial score (nSPS) is 13.5. The van der Waals surface area contributed by atoms with Crippen molar-refractivity contribution >= 4 is 30.5 Å². The third kappa shape index (κ3) is 9.50. The van der Waals surface area contributed by atoms with Gasteiger partial charge in [-0.15, -0.1) is 6.58 Å². The molecule has 33 heavy (non-hydrogen) atoms. The first-order chi connectivity index (χ1) is 15.1. The molecule has 2 N–H and O–H groups in total. The van der Waals surface area contributed by atoms with Crippen molar-refractivity contribution in [1.29, 1.82) is 0 Å². The zero-order valence-corrected chi connectivity index (χ0v) is 22.0. The maximum absolute atomic E-state index is 13.6. The molecule has 0 saturated heterocycles. The van der Waals surface area contributed by atoms with Crippen LogP contribution < -0.4 is 10.6 Å². The second-order valence-electron chi connectivity index (χ2n) is 10.2. The fourth-order valence-corrected chi connectivity index (χ4v) is 3.62. The molecule has 0 aliphatic rings. The summed E-state index contributed by atoms with van der Waals surface area (Å²) in [6.07, 6.45) is 0.830. The first-order valence-corrected chi connectivity index (χ1v) is 11.6. The molecule has 1 rings (SSSR count). The molecule has 0 bridgehead atoms. The van der Waals surface area contributed by atoms with E-state index >= 15 is 0 Å². The highest BCUT2D eigenvalue weighted by atomic mass is 32.1. The minimum Gasteiger partial charge on any atom is -0.444 e. The van der Waals surface area contributed by atoms with Gasteiger partial charge in [-0.1, -0.05) is 35.4 Å². The maximum Gasteiger partial charge on any atom is 0.408 e. The molecule has 0 heterocycles. The molecule has 7 nitrogen and oxygen atoms in total. The number of alkyl carbamates (subject to hydrolysis) is 1. The van der Waals surface area contributed by atoms with Crippen LogP contribution in [-0.4, -0.2) is 52.3 Å². The van der Waals surface area contributed by atoms with Crippen LogP contribution in [0.25, 0.3) is 0 Å². The predicted octanol–water partition coefficient (Wildman–Crippen LogP) is 4.10. The van der Waals surface area contributed by atoms with Crippen molar-refractivity contribution in [3.05, 3.63) is 47.5 Å². The number of ether oxygens (including phenoxy) is 1. The topological polar surface area (TPSA) is 87.7 Å². The number of amides is 3. The standard InChI is InChI=1S/C25H39N3O4S/c1-10-11-28(22(30)19(15-33)26-23(31)32-25(7,8)9)20(21(29)27-24(4,5)6)18-13-16(2)12-17(3)14-18/h10,12-14,19-20,33H,1,11,15H2,2-9H3,(H,26,31)(H,27,29). The molecular formula is C25H39N3O4S. The highest BCUT2D eigenvalue weighted by Gasteiger charge is 2.36. The van der Waals surface area contributed by atoms with Crippen LogP contribution in [0.15, 0.2) is 30.9 Å². The van der Waals surface area contributed by atoms with Crippen molar-refractivity contribution < 1.29 is 19.1 Å². The monoisotopic (exact) mass is 477 g/mol. The number of nitrogens with one attached hydrogen (secondary N) is 2. The van der Waals surface area contributed by atoms with E-state index in [0.717, 1.165) is 11.1 Å². The second kappa shape index (κ2) is 11.6. The minimum atomic E-state index is -0.987. The van der Waals surface area contributed by atoms with Gasteiger partial charge in [0.1, 0.15) is 17.7 Å². The van der Waals surface area contributed by atoms with Crippen LogP contribution in [0.5, 0.6) is 0 Å². The number of carbonyl (C=O) groups excluding carboxylic acids is 3. The van der Waals surface area contributed by atoms with Crippen LogP contribution in [0, 0.1) is 13.8 Å². The molecule has 0 spiro atoms. The van der Waals surface area contributed by atoms with E-state index in [4.69, 9.17) is 4.74 Å². The third-order valence-corrected chi connectivity index (χ3v) is 4.76. The van der Waals surface area contributed by atoms with Crippen LogP contribution in [0.1, 0.15) is 64.3 Å². The molecule has 1 aromatic carbocycles. The average molecular weight is 478 g/mol. The number of thiol groups is 1. The summed E-state index contributed by atoms with van der Waals surface area (Å²) in [6, 6.07) is 3.87. The number of rotatable bonds is 8. The summed E-state index contributed by atoms with van der Waals surface area (Å²) in [4.78, 5) is 40.8. The Hall–Kier alpha value is -2.48. The number of benzene rings is 1. The Morgan fingerprint density at radius 1 is 1.09 bits per heavy atom. The first-order valence-electron chi connectivity index (χ1n) is 11.0. The number of hydrogen-bond acceptors (Lipinski definition) is 5. The van der Waals surface area contributed by atoms with Crippen molar-refractivity contribution in [3.8, 4) is 0 Å². The van der Waals surface area contributed by atoms with E-state index in [1.165, 1.54) is 4.90 Å². The summed E-state index contributed by atoms with van der Waals surface area (Å²) in [7, 11) is 0. The van der Waals surface area contributed by atoms with Gasteiger partial charge in [0.2, 0.25) is 11.8 Å². The van der Waals surface area contributed by atoms with E-state index in [2.05, 4.69) is 29.8 Å². The zero-order chi connectivity index (χ0) is 25.6. The lowest BCUT2D eigenvalue weighted by Crippen LogP contribution is -2.55. The van der Waals surface area contributed by atoms with Gasteiger partial charge in [0.05, 0.1) is 0 Å². The number of aryl methyl sites for hydroxylation is 2. The van der Waals surface area contributed by atoms with E-state index in [9.17, 15) is 14.4 Å². The maximum atomic E-state index is 13.6. The van der Waals surface area contributed by atoms with Gasteiger partial charge in [-0.05, 0) is 61.0 Å². The lowest BCUT2D eigenvalue weighted by Gasteiger charge is -2.35. The highest BCUT2D eigenvalue weighted by Crippen LogP contribution is 2.26. The molecular weight excluding hydrogens is 438 g/mol. The molecule has 0 saturated carbocycles. The molecule has 0 radical (unpaired) electrons. The first kappa shape index (κ1) is 28.6. The second-order valence-corrected chi connectivity index (χ2v) is 10.6. The Labute approximate surface area is 203 Å². The molecule has 8 heteroatoms. The number of nitrogens with zero attached hydrogens (tertiary/aromatic N) is 1. The van der Waals surface area contributed by atoms with Crippen LogP contribution >= 0.6 is 12.6 Å². The average Bonchev–Trinajstić information content (AvgIpc) is 2.61. The SMILES string of the molecule is C=CCN(C(=O)C(CS)NC(=O)OC(C)(C)C)C(C(=O)NC(C)(C)C)c1cc(C)cc(C)c1. The lowest BCUT2D eigenvalue weighted by atomic mass is 9.97. The smallest absolute Gasteiger partial charge is 0.408 e. The molecule has 184 valence electrons. The molecule has 1 aromatic rings. The summed E-state index contributed by atoms with van der Waals surface area (Å²) in [5.74, 6) is -0.742. The summed E-state index contributed by atoms with van der Waals surface area (Å²) < 4.78 is 5.30. The van der Waals surface area contributed by atoms with Crippen molar-refractivity contribution in [2.45, 2.75) is 78.6 Å². The van der Waals surface area contributed by atoms with Crippen LogP contribution in [0.4, 0.5) is 4.79 Å². The Morgan fingerprint density at radius 3 is 2.06 bits per heavy atom. The fourth-order valence-electron chi connectivity index (χ4n) is 3.38. The molecule has 2 atom stereocenters. The quantitative estimate of drug-likeness (QED) is 0.389. The van der Waals surface area contributed by atoms with Crippen LogP contribution in [0.3, 0.4) is 0 Å². The number of carbonyl (C=O) groups is 3. The molecule has 3 amide bonds. The number of hydrogen-bond donors (Lipinski definition) is 3. The molecule has 0 fully saturated rings. The largest absolute Gasteiger partial charge is 0.444 e. The minimum absolute atomic E-state index is 0.0339. The Bertz CT molecular complexity index is 851. The van der Waals surface area contributed by atoms with Crippen LogP contribution in [0.2, 0.25) is 0 Å². The van der Waals surface area contributed by atoms with Crippen molar-refractivity contribution in [3.63, 3.8) is 0 Å². The Kier molecular flexibility index (Phi) is 10.0. The Morgan fingerprint density at radius 2 is 1.64 bits per heavy atom. The summed E-state index contributed by atoms with van der Waals surface area (Å²) in [6.45, 7) is 18.6. The van der Waals surface area contributed by atoms with Gasteiger partial charge in [-0.3, -0.25) is 9.59 Å². The lowest BCUT2D eigenvalue weighted by molar-refractivity contribution is -0.142. The van der Waals surface area contributed by atoms with Gasteiger partial charge in [0, 0.05) is 17.8 Å². The van der Waals surface area contributed by atoms with E-state index in [1.54, 1.807) is 26.8 Å². The van der Waals surface area contributed by atoms with Gasteiger partial charge < -0.3 is 20.3 Å². The molecule has 2 unspecified atom stereocenters. The third-order valence-electron chi connectivity index (χ3n) is 4.40. The van der Waals surface area contributed by atoms with Gasteiger partial charge in [0.15, 0.2) is 0 Å². The Balaban J connectivity index is 3.44. The predicted molar refractivity (Wildman–Crippen MR) is 135 cm³/mol. The summed E-state index contributed by atoms with van der Waals surface area (Å²) >= 11 is 4.27. The van der Waals surface area contributed by atoms with Gasteiger partial charge in [0.25, 0.3) is 0 Å². The van der Waals surface area contributed by atoms with Gasteiger partial charge in [-0.25, -0.2) is 4.79 Å². The molecule has 0 aromatic heterocycles. The van der Waals surface area contributed by atoms with E-state index < -0.39 is 35.2 Å². The molecule has 0 aliphatic heterocycles. The van der Waals surface area contributed by atoms with Crippen molar-refractivity contribution in [2.24, 2.45) is 0 Å². The highest BCUT2D eigenvalue weighted by molar-refractivity contribution is 7.80. The molecule has 0 aliphatic carbocycles. The van der Waals surface area contributed by atoms with E-state index in [-0.39, 0.29) is 18.2 Å². The fraction of sp³-hybridized carbons (Fsp3) is 0.560. The van der Waals surface area contributed by atoms with Gasteiger partial charge in [-0.2, -0.15) is 12.6 Å². The summed E-state index contributed by atoms with van der Waals surface area (Å²) in [5, 5.41) is 5.56. The van der Waals surface area contributed by atoms with E-state index in [0.29, 0.717) is 5.56 Å².